The smallest absolute Gasteiger partial charge is 0.146 e. The molecule has 0 radical (unpaired) electrons. The molecule has 158 valence electrons. The van der Waals surface area contributed by atoms with E-state index in [1.807, 2.05) is 12.3 Å². The standard InChI is InChI=1S/C22H23ClFN3O2S/c1-2-18-11-15(5-6-25-18)22-26-21(27-7-9-28-10-8-27)20(30-22)14-29-13-16-3-4-17(24)12-19(16)23/h3-6,11-12H,2,7-10,13-14H2,1H3. The van der Waals surface area contributed by atoms with Crippen LogP contribution >= 0.6 is 22.9 Å². The van der Waals surface area contributed by atoms with Crippen LogP contribution in [0, 0.1) is 5.82 Å². The Hall–Kier alpha value is -2.06. The number of benzene rings is 1. The lowest BCUT2D eigenvalue weighted by Crippen LogP contribution is -2.37. The molecule has 1 aliphatic heterocycles. The summed E-state index contributed by atoms with van der Waals surface area (Å²) in [5.74, 6) is 0.590. The maximum atomic E-state index is 13.3. The molecule has 1 aliphatic rings. The molecular formula is C22H23ClFN3O2S. The lowest BCUT2D eigenvalue weighted by atomic mass is 10.2. The van der Waals surface area contributed by atoms with Crippen molar-refractivity contribution in [2.24, 2.45) is 0 Å². The maximum Gasteiger partial charge on any atom is 0.146 e. The predicted molar refractivity (Wildman–Crippen MR) is 118 cm³/mol. The minimum Gasteiger partial charge on any atom is -0.378 e. The summed E-state index contributed by atoms with van der Waals surface area (Å²) in [5, 5.41) is 1.32. The summed E-state index contributed by atoms with van der Waals surface area (Å²) in [5.41, 5.74) is 2.87. The van der Waals surface area contributed by atoms with E-state index in [9.17, 15) is 4.39 Å². The van der Waals surface area contributed by atoms with Crippen molar-refractivity contribution >= 4 is 28.8 Å². The van der Waals surface area contributed by atoms with Gasteiger partial charge in [0.05, 0.1) is 31.3 Å². The van der Waals surface area contributed by atoms with Gasteiger partial charge in [-0.1, -0.05) is 24.6 Å². The summed E-state index contributed by atoms with van der Waals surface area (Å²) in [4.78, 5) is 12.6. The molecule has 0 bridgehead atoms. The molecule has 5 nitrogen and oxygen atoms in total. The number of halogens is 2. The third-order valence-electron chi connectivity index (χ3n) is 4.92. The highest BCUT2D eigenvalue weighted by atomic mass is 35.5. The Morgan fingerprint density at radius 3 is 2.80 bits per heavy atom. The van der Waals surface area contributed by atoms with Gasteiger partial charge in [0, 0.05) is 35.6 Å². The second-order valence-corrected chi connectivity index (χ2v) is 8.47. The molecule has 3 heterocycles. The van der Waals surface area contributed by atoms with E-state index in [1.54, 1.807) is 17.4 Å². The maximum absolute atomic E-state index is 13.3. The number of nitrogens with zero attached hydrogens (tertiary/aromatic N) is 3. The monoisotopic (exact) mass is 447 g/mol. The number of hydrogen-bond acceptors (Lipinski definition) is 6. The molecule has 0 N–H and O–H groups in total. The molecule has 3 aromatic rings. The average Bonchev–Trinajstić information content (AvgIpc) is 3.20. The summed E-state index contributed by atoms with van der Waals surface area (Å²) in [7, 11) is 0. The molecule has 1 fully saturated rings. The van der Waals surface area contributed by atoms with Gasteiger partial charge in [-0.2, -0.15) is 0 Å². The second-order valence-electron chi connectivity index (χ2n) is 6.98. The Morgan fingerprint density at radius 1 is 1.20 bits per heavy atom. The zero-order valence-corrected chi connectivity index (χ0v) is 18.3. The van der Waals surface area contributed by atoms with Crippen LogP contribution in [0.1, 0.15) is 23.1 Å². The van der Waals surface area contributed by atoms with Gasteiger partial charge in [0.2, 0.25) is 0 Å². The van der Waals surface area contributed by atoms with Gasteiger partial charge in [0.15, 0.2) is 0 Å². The number of aryl methyl sites for hydroxylation is 1. The Morgan fingerprint density at radius 2 is 2.03 bits per heavy atom. The number of ether oxygens (including phenoxy) is 2. The van der Waals surface area contributed by atoms with Gasteiger partial charge >= 0.3 is 0 Å². The molecule has 30 heavy (non-hydrogen) atoms. The highest BCUT2D eigenvalue weighted by molar-refractivity contribution is 7.15. The number of morpholine rings is 1. The molecule has 0 unspecified atom stereocenters. The van der Waals surface area contributed by atoms with Gasteiger partial charge in [0.1, 0.15) is 16.6 Å². The summed E-state index contributed by atoms with van der Waals surface area (Å²) in [6, 6.07) is 8.43. The van der Waals surface area contributed by atoms with Crippen LogP contribution in [0.25, 0.3) is 10.6 Å². The molecule has 0 aliphatic carbocycles. The first-order valence-corrected chi connectivity index (χ1v) is 11.1. The quantitative estimate of drug-likeness (QED) is 0.503. The van der Waals surface area contributed by atoms with E-state index in [0.29, 0.717) is 31.5 Å². The van der Waals surface area contributed by atoms with E-state index in [1.165, 1.54) is 12.1 Å². The molecular weight excluding hydrogens is 425 g/mol. The summed E-state index contributed by atoms with van der Waals surface area (Å²) >= 11 is 7.75. The van der Waals surface area contributed by atoms with Crippen molar-refractivity contribution < 1.29 is 13.9 Å². The van der Waals surface area contributed by atoms with Crippen molar-refractivity contribution in [3.8, 4) is 10.6 Å². The number of thiazole rings is 1. The Labute approximate surface area is 184 Å². The first-order chi connectivity index (χ1) is 14.6. The van der Waals surface area contributed by atoms with E-state index < -0.39 is 0 Å². The third-order valence-corrected chi connectivity index (χ3v) is 6.34. The molecule has 2 aromatic heterocycles. The largest absolute Gasteiger partial charge is 0.378 e. The van der Waals surface area contributed by atoms with E-state index >= 15 is 0 Å². The number of anilines is 1. The van der Waals surface area contributed by atoms with E-state index in [-0.39, 0.29) is 5.82 Å². The summed E-state index contributed by atoms with van der Waals surface area (Å²) in [6.07, 6.45) is 2.71. The van der Waals surface area contributed by atoms with Crippen LogP contribution in [-0.2, 0) is 29.1 Å². The van der Waals surface area contributed by atoms with Gasteiger partial charge < -0.3 is 14.4 Å². The van der Waals surface area contributed by atoms with Crippen LogP contribution in [0.5, 0.6) is 0 Å². The van der Waals surface area contributed by atoms with E-state index in [0.717, 1.165) is 52.0 Å². The fourth-order valence-electron chi connectivity index (χ4n) is 3.28. The van der Waals surface area contributed by atoms with Crippen molar-refractivity contribution in [1.82, 2.24) is 9.97 Å². The normalized spacial score (nSPS) is 14.3. The fourth-order valence-corrected chi connectivity index (χ4v) is 4.52. The SMILES string of the molecule is CCc1cc(-c2nc(N3CCOCC3)c(COCc3ccc(F)cc3Cl)s2)ccn1. The zero-order valence-electron chi connectivity index (χ0n) is 16.7. The van der Waals surface area contributed by atoms with Crippen LogP contribution in [0.3, 0.4) is 0 Å². The molecule has 0 spiro atoms. The number of pyridine rings is 1. The van der Waals surface area contributed by atoms with Crippen LogP contribution in [0.15, 0.2) is 36.5 Å². The van der Waals surface area contributed by atoms with Crippen molar-refractivity contribution in [3.05, 3.63) is 63.5 Å². The third kappa shape index (κ3) is 4.98. The topological polar surface area (TPSA) is 47.5 Å². The van der Waals surface area contributed by atoms with Crippen LogP contribution in [0.4, 0.5) is 10.2 Å². The Kier molecular flexibility index (Phi) is 6.94. The highest BCUT2D eigenvalue weighted by Gasteiger charge is 2.21. The fraction of sp³-hybridized carbons (Fsp3) is 0.364. The molecule has 4 rings (SSSR count). The summed E-state index contributed by atoms with van der Waals surface area (Å²) < 4.78 is 24.7. The zero-order chi connectivity index (χ0) is 20.9. The van der Waals surface area contributed by atoms with Crippen molar-refractivity contribution in [1.29, 1.82) is 0 Å². The lowest BCUT2D eigenvalue weighted by molar-refractivity contribution is 0.108. The molecule has 1 aromatic carbocycles. The van der Waals surface area contributed by atoms with Gasteiger partial charge in [-0.25, -0.2) is 9.37 Å². The van der Waals surface area contributed by atoms with E-state index in [2.05, 4.69) is 22.9 Å². The van der Waals surface area contributed by atoms with Crippen molar-refractivity contribution in [2.75, 3.05) is 31.2 Å². The van der Waals surface area contributed by atoms with Gasteiger partial charge in [-0.15, -0.1) is 11.3 Å². The molecule has 1 saturated heterocycles. The number of aromatic nitrogens is 2. The van der Waals surface area contributed by atoms with Crippen LogP contribution in [0.2, 0.25) is 5.02 Å². The highest BCUT2D eigenvalue weighted by Crippen LogP contribution is 2.34. The van der Waals surface area contributed by atoms with Crippen molar-refractivity contribution in [2.45, 2.75) is 26.6 Å². The van der Waals surface area contributed by atoms with Gasteiger partial charge in [0.25, 0.3) is 0 Å². The average molecular weight is 448 g/mol. The van der Waals surface area contributed by atoms with Gasteiger partial charge in [-0.05, 0) is 36.2 Å². The molecule has 0 saturated carbocycles. The Balaban J connectivity index is 1.55. The second kappa shape index (κ2) is 9.83. The van der Waals surface area contributed by atoms with Gasteiger partial charge in [-0.3, -0.25) is 4.98 Å². The minimum atomic E-state index is -0.353. The Bertz CT molecular complexity index is 1010. The number of rotatable bonds is 7. The predicted octanol–water partition coefficient (Wildman–Crippen LogP) is 5.11. The minimum absolute atomic E-state index is 0.310. The molecule has 8 heteroatoms. The van der Waals surface area contributed by atoms with Crippen LogP contribution in [-0.4, -0.2) is 36.3 Å². The van der Waals surface area contributed by atoms with Crippen molar-refractivity contribution in [3.63, 3.8) is 0 Å². The molecule has 0 amide bonds. The lowest BCUT2D eigenvalue weighted by Gasteiger charge is -2.27. The summed E-state index contributed by atoms with van der Waals surface area (Å²) in [6.45, 7) is 5.79. The first kappa shape index (κ1) is 21.2. The first-order valence-electron chi connectivity index (χ1n) is 9.93. The van der Waals surface area contributed by atoms with E-state index in [4.69, 9.17) is 26.1 Å². The number of hydrogen-bond donors (Lipinski definition) is 0. The van der Waals surface area contributed by atoms with Crippen LogP contribution < -0.4 is 4.90 Å². The molecule has 0 atom stereocenters.